The van der Waals surface area contributed by atoms with Crippen LogP contribution in [0.25, 0.3) is 10.9 Å². The monoisotopic (exact) mass is 229 g/mol. The molecule has 0 radical (unpaired) electrons. The molecule has 1 aromatic carbocycles. The predicted molar refractivity (Wildman–Crippen MR) is 71.9 cm³/mol. The summed E-state index contributed by atoms with van der Waals surface area (Å²) in [6, 6.07) is 4.22. The number of aromatic nitrogens is 1. The summed E-state index contributed by atoms with van der Waals surface area (Å²) < 4.78 is 0. The number of carbonyl (C=O) groups is 1. The Labute approximate surface area is 102 Å². The molecule has 1 N–H and O–H groups in total. The topological polar surface area (TPSA) is 32.9 Å². The number of aryl methyl sites for hydroxylation is 2. The molecule has 1 heterocycles. The maximum atomic E-state index is 11.4. The van der Waals surface area contributed by atoms with Crippen molar-refractivity contribution in [2.75, 3.05) is 0 Å². The van der Waals surface area contributed by atoms with E-state index in [-0.39, 0.29) is 5.41 Å². The van der Waals surface area contributed by atoms with Gasteiger partial charge in [0.15, 0.2) is 6.29 Å². The fourth-order valence-corrected chi connectivity index (χ4v) is 2.46. The zero-order valence-corrected chi connectivity index (χ0v) is 11.1. The van der Waals surface area contributed by atoms with Gasteiger partial charge in [-0.1, -0.05) is 26.8 Å². The minimum absolute atomic E-state index is 0.0460. The second-order valence-corrected chi connectivity index (χ2v) is 5.79. The van der Waals surface area contributed by atoms with E-state index in [1.165, 1.54) is 5.56 Å². The number of fused-ring (bicyclic) bond motifs is 1. The summed E-state index contributed by atoms with van der Waals surface area (Å²) in [4.78, 5) is 14.8. The zero-order chi connectivity index (χ0) is 12.8. The van der Waals surface area contributed by atoms with Gasteiger partial charge in [-0.2, -0.15) is 0 Å². The Balaban J connectivity index is 2.90. The van der Waals surface area contributed by atoms with Gasteiger partial charge in [-0.05, 0) is 31.0 Å². The Morgan fingerprint density at radius 2 is 1.82 bits per heavy atom. The molecule has 0 aliphatic carbocycles. The lowest BCUT2D eigenvalue weighted by molar-refractivity contribution is 0.112. The van der Waals surface area contributed by atoms with Gasteiger partial charge >= 0.3 is 0 Å². The van der Waals surface area contributed by atoms with Crippen molar-refractivity contribution in [1.29, 1.82) is 0 Å². The summed E-state index contributed by atoms with van der Waals surface area (Å²) in [5.74, 6) is 0. The Bertz CT molecular complexity index is 585. The summed E-state index contributed by atoms with van der Waals surface area (Å²) in [5, 5.41) is 1.07. The number of hydrogen-bond donors (Lipinski definition) is 1. The average molecular weight is 229 g/mol. The van der Waals surface area contributed by atoms with Crippen molar-refractivity contribution < 1.29 is 4.79 Å². The highest BCUT2D eigenvalue weighted by Gasteiger charge is 2.23. The van der Waals surface area contributed by atoms with Gasteiger partial charge in [0.2, 0.25) is 0 Å². The molecule has 0 saturated carbocycles. The SMILES string of the molecule is Cc1cc(C)c2c(C=O)c(C(C)(C)C)[nH]c2c1. The molecule has 0 fully saturated rings. The van der Waals surface area contributed by atoms with E-state index in [4.69, 9.17) is 0 Å². The lowest BCUT2D eigenvalue weighted by Crippen LogP contribution is -2.13. The van der Waals surface area contributed by atoms with E-state index < -0.39 is 0 Å². The first kappa shape index (κ1) is 11.9. The number of H-pyrrole nitrogens is 1. The van der Waals surface area contributed by atoms with Crippen molar-refractivity contribution >= 4 is 17.2 Å². The van der Waals surface area contributed by atoms with Gasteiger partial charge < -0.3 is 4.98 Å². The van der Waals surface area contributed by atoms with Crippen LogP contribution in [0.4, 0.5) is 0 Å². The molecule has 0 aliphatic heterocycles. The molecule has 90 valence electrons. The molecule has 2 nitrogen and oxygen atoms in total. The van der Waals surface area contributed by atoms with E-state index in [0.717, 1.165) is 34.0 Å². The summed E-state index contributed by atoms with van der Waals surface area (Å²) in [6.45, 7) is 10.5. The van der Waals surface area contributed by atoms with E-state index in [1.807, 2.05) is 0 Å². The summed E-state index contributed by atoms with van der Waals surface area (Å²) in [6.07, 6.45) is 0.974. The average Bonchev–Trinajstić information content (AvgIpc) is 2.55. The van der Waals surface area contributed by atoms with Crippen LogP contribution in [0.15, 0.2) is 12.1 Å². The number of benzene rings is 1. The molecule has 17 heavy (non-hydrogen) atoms. The van der Waals surface area contributed by atoms with Crippen LogP contribution in [-0.4, -0.2) is 11.3 Å². The molecule has 2 aromatic rings. The van der Waals surface area contributed by atoms with Crippen molar-refractivity contribution in [1.82, 2.24) is 4.98 Å². The molecule has 0 atom stereocenters. The van der Waals surface area contributed by atoms with Gasteiger partial charge in [-0.15, -0.1) is 0 Å². The van der Waals surface area contributed by atoms with Crippen LogP contribution in [0.5, 0.6) is 0 Å². The van der Waals surface area contributed by atoms with Crippen LogP contribution in [0, 0.1) is 13.8 Å². The smallest absolute Gasteiger partial charge is 0.152 e. The van der Waals surface area contributed by atoms with Crippen LogP contribution in [0.2, 0.25) is 0 Å². The molecule has 1 aromatic heterocycles. The van der Waals surface area contributed by atoms with Gasteiger partial charge in [0.05, 0.1) is 0 Å². The van der Waals surface area contributed by atoms with E-state index >= 15 is 0 Å². The zero-order valence-electron chi connectivity index (χ0n) is 11.1. The first-order valence-electron chi connectivity index (χ1n) is 5.93. The van der Waals surface area contributed by atoms with Crippen molar-refractivity contribution in [3.05, 3.63) is 34.5 Å². The predicted octanol–water partition coefficient (Wildman–Crippen LogP) is 3.89. The van der Waals surface area contributed by atoms with Crippen LogP contribution in [-0.2, 0) is 5.41 Å². The summed E-state index contributed by atoms with van der Waals surface area (Å²) >= 11 is 0. The number of nitrogens with one attached hydrogen (secondary N) is 1. The van der Waals surface area contributed by atoms with Gasteiger partial charge in [0, 0.05) is 27.6 Å². The third kappa shape index (κ3) is 1.88. The fourth-order valence-electron chi connectivity index (χ4n) is 2.46. The van der Waals surface area contributed by atoms with Crippen LogP contribution < -0.4 is 0 Å². The molecule has 0 bridgehead atoms. The molecule has 0 amide bonds. The highest BCUT2D eigenvalue weighted by atomic mass is 16.1. The molecular formula is C15H19NO. The number of carbonyl (C=O) groups excluding carboxylic acids is 1. The molecule has 2 heteroatoms. The maximum Gasteiger partial charge on any atom is 0.152 e. The van der Waals surface area contributed by atoms with E-state index in [9.17, 15) is 4.79 Å². The van der Waals surface area contributed by atoms with E-state index in [1.54, 1.807) is 0 Å². The number of hydrogen-bond acceptors (Lipinski definition) is 1. The quantitative estimate of drug-likeness (QED) is 0.739. The first-order chi connectivity index (χ1) is 7.84. The molecule has 0 saturated heterocycles. The molecule has 2 rings (SSSR count). The normalized spacial score (nSPS) is 12.1. The highest BCUT2D eigenvalue weighted by Crippen LogP contribution is 2.32. The van der Waals surface area contributed by atoms with Crippen LogP contribution >= 0.6 is 0 Å². The van der Waals surface area contributed by atoms with Gasteiger partial charge in [0.1, 0.15) is 0 Å². The Morgan fingerprint density at radius 1 is 1.18 bits per heavy atom. The van der Waals surface area contributed by atoms with Crippen molar-refractivity contribution in [3.63, 3.8) is 0 Å². The van der Waals surface area contributed by atoms with E-state index in [0.29, 0.717) is 0 Å². The van der Waals surface area contributed by atoms with Crippen molar-refractivity contribution in [2.45, 2.75) is 40.0 Å². The minimum Gasteiger partial charge on any atom is -0.357 e. The molecule has 0 spiro atoms. The third-order valence-electron chi connectivity index (χ3n) is 3.15. The second kappa shape index (κ2) is 3.73. The van der Waals surface area contributed by atoms with Gasteiger partial charge in [-0.3, -0.25) is 4.79 Å². The summed E-state index contributed by atoms with van der Waals surface area (Å²) in [7, 11) is 0. The first-order valence-corrected chi connectivity index (χ1v) is 5.93. The van der Waals surface area contributed by atoms with E-state index in [2.05, 4.69) is 51.7 Å². The van der Waals surface area contributed by atoms with Gasteiger partial charge in [-0.25, -0.2) is 0 Å². The lowest BCUT2D eigenvalue weighted by Gasteiger charge is -2.17. The third-order valence-corrected chi connectivity index (χ3v) is 3.15. The number of aromatic amines is 1. The van der Waals surface area contributed by atoms with Gasteiger partial charge in [0.25, 0.3) is 0 Å². The number of rotatable bonds is 1. The van der Waals surface area contributed by atoms with Crippen molar-refractivity contribution in [3.8, 4) is 0 Å². The lowest BCUT2D eigenvalue weighted by atomic mass is 9.89. The van der Waals surface area contributed by atoms with Crippen molar-refractivity contribution in [2.24, 2.45) is 0 Å². The molecule has 0 unspecified atom stereocenters. The molecular weight excluding hydrogens is 210 g/mol. The second-order valence-electron chi connectivity index (χ2n) is 5.79. The molecule has 0 aliphatic rings. The Kier molecular flexibility index (Phi) is 2.61. The largest absolute Gasteiger partial charge is 0.357 e. The Hall–Kier alpha value is -1.57. The fraction of sp³-hybridized carbons (Fsp3) is 0.400. The highest BCUT2D eigenvalue weighted by molar-refractivity contribution is 6.01. The Morgan fingerprint density at radius 3 is 2.35 bits per heavy atom. The standard InChI is InChI=1S/C15H19NO/c1-9-6-10(2)13-11(8-17)14(15(3,4)5)16-12(13)7-9/h6-8,16H,1-5H3. The maximum absolute atomic E-state index is 11.4. The van der Waals surface area contributed by atoms with Crippen LogP contribution in [0.1, 0.15) is 48.0 Å². The summed E-state index contributed by atoms with van der Waals surface area (Å²) in [5.41, 5.74) is 5.23. The number of aldehydes is 1. The van der Waals surface area contributed by atoms with Crippen LogP contribution in [0.3, 0.4) is 0 Å². The minimum atomic E-state index is -0.0460.